The molecular formula is C28H33N7O10. The molecular weight excluding hydrogens is 594 g/mol. The predicted molar refractivity (Wildman–Crippen MR) is 161 cm³/mol. The number of nitrogens with two attached hydrogens (primary N) is 2. The van der Waals surface area contributed by atoms with Gasteiger partial charge in [-0.05, 0) is 32.9 Å². The van der Waals surface area contributed by atoms with Crippen LogP contribution in [-0.2, 0) is 4.74 Å². The van der Waals surface area contributed by atoms with Crippen molar-refractivity contribution in [2.45, 2.75) is 26.4 Å². The van der Waals surface area contributed by atoms with E-state index in [0.29, 0.717) is 0 Å². The second-order valence-electron chi connectivity index (χ2n) is 11.6. The Morgan fingerprint density at radius 2 is 1.27 bits per heavy atom. The number of nitrogens with zero attached hydrogens (tertiary/aromatic N) is 3. The number of rotatable bonds is 4. The number of hydrogen-bond donors (Lipinski definition) is 4. The Hall–Kier alpha value is -5.61. The summed E-state index contributed by atoms with van der Waals surface area (Å²) in [5.74, 6) is -1.90. The van der Waals surface area contributed by atoms with Crippen LogP contribution in [-0.4, -0.2) is 77.6 Å². The van der Waals surface area contributed by atoms with Crippen molar-refractivity contribution in [2.75, 3.05) is 50.0 Å². The number of primary amides is 2. The monoisotopic (exact) mass is 627 g/mol. The fourth-order valence-electron chi connectivity index (χ4n) is 4.75. The maximum atomic E-state index is 12.8. The van der Waals surface area contributed by atoms with Crippen molar-refractivity contribution in [3.05, 3.63) is 67.8 Å². The number of fused-ring (bicyclic) bond motifs is 2. The van der Waals surface area contributed by atoms with Crippen molar-refractivity contribution >= 4 is 40.7 Å². The number of nitro groups is 2. The number of hydrogen-bond acceptors (Lipinski definition) is 12. The zero-order valence-electron chi connectivity index (χ0n) is 24.8. The third kappa shape index (κ3) is 7.49. The molecule has 0 aromatic heterocycles. The van der Waals surface area contributed by atoms with E-state index in [4.69, 9.17) is 25.7 Å². The summed E-state index contributed by atoms with van der Waals surface area (Å²) in [6, 6.07) is 4.63. The molecule has 0 bridgehead atoms. The predicted octanol–water partition coefficient (Wildman–Crippen LogP) is 2.79. The highest BCUT2D eigenvalue weighted by Crippen LogP contribution is 2.41. The van der Waals surface area contributed by atoms with Crippen LogP contribution >= 0.6 is 0 Å². The summed E-state index contributed by atoms with van der Waals surface area (Å²) >= 11 is 0. The standard InChI is InChI=1S/C28H33N7O10/c1-27(2,3)45-26(38)33-12-28(13-33)14-43-20-10-16(24(29)36)8-18(34(39)40)22(20)31-6-4-5-7-32-23-19(35(41)42)9-17(25(30)37)11-21(23)44-15-28/h4-5,8-11,31-32H,6-7,12-15H2,1-3H3,(H2,29,36)(H2,30,37)/b5-4+. The Bertz CT molecular complexity index is 1480. The van der Waals surface area contributed by atoms with Gasteiger partial charge in [0.05, 0.1) is 15.3 Å². The quantitative estimate of drug-likeness (QED) is 0.217. The van der Waals surface area contributed by atoms with Gasteiger partial charge in [-0.2, -0.15) is 0 Å². The van der Waals surface area contributed by atoms with Gasteiger partial charge in [0.2, 0.25) is 11.8 Å². The molecule has 0 radical (unpaired) electrons. The van der Waals surface area contributed by atoms with Crippen LogP contribution in [0.3, 0.4) is 0 Å². The first kappa shape index (κ1) is 32.3. The number of nitro benzene ring substituents is 2. The van der Waals surface area contributed by atoms with E-state index in [1.165, 1.54) is 17.0 Å². The van der Waals surface area contributed by atoms with Crippen molar-refractivity contribution in [3.63, 3.8) is 0 Å². The van der Waals surface area contributed by atoms with Crippen molar-refractivity contribution in [2.24, 2.45) is 16.9 Å². The zero-order chi connectivity index (χ0) is 33.1. The number of amides is 3. The van der Waals surface area contributed by atoms with Crippen LogP contribution in [0.1, 0.15) is 41.5 Å². The van der Waals surface area contributed by atoms with Gasteiger partial charge in [0.1, 0.15) is 30.3 Å². The number of likely N-dealkylation sites (tertiary alicyclic amines) is 1. The van der Waals surface area contributed by atoms with Crippen LogP contribution in [0.4, 0.5) is 27.5 Å². The minimum atomic E-state index is -0.973. The summed E-state index contributed by atoms with van der Waals surface area (Å²) < 4.78 is 17.6. The van der Waals surface area contributed by atoms with E-state index in [2.05, 4.69) is 10.6 Å². The van der Waals surface area contributed by atoms with Crippen LogP contribution in [0.15, 0.2) is 36.4 Å². The van der Waals surface area contributed by atoms with Crippen LogP contribution in [0.2, 0.25) is 0 Å². The lowest BCUT2D eigenvalue weighted by Crippen LogP contribution is -2.64. The average Bonchev–Trinajstić information content (AvgIpc) is 2.92. The number of ether oxygens (including phenoxy) is 3. The first-order valence-corrected chi connectivity index (χ1v) is 13.7. The molecule has 2 heterocycles. The number of carbonyl (C=O) groups excluding carboxylic acids is 3. The average molecular weight is 628 g/mol. The smallest absolute Gasteiger partial charge is 0.410 e. The fraction of sp³-hybridized carbons (Fsp3) is 0.393. The minimum Gasteiger partial charge on any atom is -0.490 e. The second-order valence-corrected chi connectivity index (χ2v) is 11.6. The Balaban J connectivity index is 1.77. The SMILES string of the molecule is CC(C)(C)OC(=O)N1CC2(COc3cc(C(N)=O)cc([N+](=O)[O-])c3NC/C=C/CNc3c(cc(C(N)=O)cc3[N+](=O)[O-])OC2)C1. The normalized spacial score (nSPS) is 16.7. The van der Waals surface area contributed by atoms with Gasteiger partial charge in [-0.25, -0.2) is 4.79 Å². The van der Waals surface area contributed by atoms with E-state index in [-0.39, 0.29) is 73.4 Å². The van der Waals surface area contributed by atoms with Crippen LogP contribution in [0.5, 0.6) is 11.5 Å². The first-order valence-electron chi connectivity index (χ1n) is 13.7. The topological polar surface area (TPSA) is 245 Å². The van der Waals surface area contributed by atoms with Crippen LogP contribution in [0.25, 0.3) is 0 Å². The molecule has 1 saturated heterocycles. The maximum Gasteiger partial charge on any atom is 0.410 e. The molecule has 0 aliphatic carbocycles. The van der Waals surface area contributed by atoms with Gasteiger partial charge in [0, 0.05) is 49.4 Å². The maximum absolute atomic E-state index is 12.8. The van der Waals surface area contributed by atoms with Gasteiger partial charge < -0.3 is 41.2 Å². The highest BCUT2D eigenvalue weighted by Gasteiger charge is 2.49. The molecule has 17 heteroatoms. The van der Waals surface area contributed by atoms with Crippen molar-refractivity contribution in [1.82, 2.24) is 4.90 Å². The van der Waals surface area contributed by atoms with Crippen molar-refractivity contribution in [1.29, 1.82) is 0 Å². The van der Waals surface area contributed by atoms with E-state index < -0.39 is 50.1 Å². The van der Waals surface area contributed by atoms with Crippen molar-refractivity contribution in [3.8, 4) is 11.5 Å². The molecule has 1 fully saturated rings. The van der Waals surface area contributed by atoms with E-state index in [0.717, 1.165) is 12.1 Å². The second kappa shape index (κ2) is 12.6. The molecule has 45 heavy (non-hydrogen) atoms. The molecule has 0 unspecified atom stereocenters. The number of benzene rings is 2. The molecule has 17 nitrogen and oxygen atoms in total. The number of carbonyl (C=O) groups is 3. The van der Waals surface area contributed by atoms with Crippen molar-refractivity contribution < 1.29 is 38.4 Å². The summed E-state index contributed by atoms with van der Waals surface area (Å²) in [5, 5.41) is 29.7. The van der Waals surface area contributed by atoms with Gasteiger partial charge in [0.15, 0.2) is 11.4 Å². The molecule has 4 rings (SSSR count). The Labute approximate surface area is 256 Å². The molecule has 0 saturated carbocycles. The van der Waals surface area contributed by atoms with Gasteiger partial charge in [-0.3, -0.25) is 29.8 Å². The molecule has 2 aromatic rings. The highest BCUT2D eigenvalue weighted by atomic mass is 16.6. The third-order valence-corrected chi connectivity index (χ3v) is 6.86. The number of anilines is 2. The summed E-state index contributed by atoms with van der Waals surface area (Å²) in [5.41, 5.74) is 7.88. The van der Waals surface area contributed by atoms with Crippen LogP contribution in [0, 0.1) is 25.6 Å². The molecule has 6 N–H and O–H groups in total. The molecule has 3 amide bonds. The Kier molecular flexibility index (Phi) is 9.01. The third-order valence-electron chi connectivity index (χ3n) is 6.86. The Morgan fingerprint density at radius 3 is 1.62 bits per heavy atom. The van der Waals surface area contributed by atoms with Gasteiger partial charge in [0.25, 0.3) is 11.4 Å². The zero-order valence-corrected chi connectivity index (χ0v) is 24.8. The minimum absolute atomic E-state index is 0.0121. The van der Waals surface area contributed by atoms with E-state index >= 15 is 0 Å². The molecule has 2 aliphatic heterocycles. The molecule has 2 aromatic carbocycles. The highest BCUT2D eigenvalue weighted by molar-refractivity contribution is 5.96. The summed E-state index contributed by atoms with van der Waals surface area (Å²) in [4.78, 5) is 60.7. The lowest BCUT2D eigenvalue weighted by molar-refractivity contribution is -0.384. The molecule has 0 atom stereocenters. The largest absolute Gasteiger partial charge is 0.490 e. The first-order chi connectivity index (χ1) is 21.1. The summed E-state index contributed by atoms with van der Waals surface area (Å²) in [7, 11) is 0. The van der Waals surface area contributed by atoms with Crippen LogP contribution < -0.4 is 31.6 Å². The van der Waals surface area contributed by atoms with E-state index in [9.17, 15) is 34.6 Å². The number of nitrogens with one attached hydrogen (secondary N) is 2. The van der Waals surface area contributed by atoms with Gasteiger partial charge >= 0.3 is 6.09 Å². The van der Waals surface area contributed by atoms with Gasteiger partial charge in [-0.15, -0.1) is 0 Å². The molecule has 240 valence electrons. The van der Waals surface area contributed by atoms with Gasteiger partial charge in [-0.1, -0.05) is 12.2 Å². The fourth-order valence-corrected chi connectivity index (χ4v) is 4.75. The molecule has 2 aliphatic rings. The van der Waals surface area contributed by atoms with E-state index in [1.807, 2.05) is 0 Å². The lowest BCUT2D eigenvalue weighted by atomic mass is 9.81. The summed E-state index contributed by atoms with van der Waals surface area (Å²) in [6.45, 7) is 5.00. The lowest BCUT2D eigenvalue weighted by Gasteiger charge is -2.49. The summed E-state index contributed by atoms with van der Waals surface area (Å²) in [6.07, 6.45) is 2.62. The van der Waals surface area contributed by atoms with E-state index in [1.54, 1.807) is 32.9 Å². The molecule has 1 spiro atoms. The Morgan fingerprint density at radius 1 is 0.844 bits per heavy atom.